The van der Waals surface area contributed by atoms with Gasteiger partial charge in [-0.3, -0.25) is 9.38 Å². The molecule has 0 aliphatic heterocycles. The van der Waals surface area contributed by atoms with Crippen LogP contribution in [0.25, 0.3) is 28.4 Å². The summed E-state index contributed by atoms with van der Waals surface area (Å²) < 4.78 is 1.98. The van der Waals surface area contributed by atoms with Gasteiger partial charge in [0.2, 0.25) is 5.95 Å². The van der Waals surface area contributed by atoms with Crippen LogP contribution in [0, 0.1) is 0 Å². The van der Waals surface area contributed by atoms with E-state index in [9.17, 15) is 0 Å². The summed E-state index contributed by atoms with van der Waals surface area (Å²) >= 11 is 0. The van der Waals surface area contributed by atoms with Crippen LogP contribution in [0.3, 0.4) is 0 Å². The number of nitrogen functional groups attached to an aromatic ring is 1. The average molecular weight is 288 g/mol. The van der Waals surface area contributed by atoms with E-state index in [1.165, 1.54) is 0 Å². The Labute approximate surface area is 126 Å². The molecule has 0 aliphatic rings. The van der Waals surface area contributed by atoms with Crippen molar-refractivity contribution in [2.75, 3.05) is 5.73 Å². The van der Waals surface area contributed by atoms with Crippen LogP contribution in [0.2, 0.25) is 0 Å². The number of nitrogens with two attached hydrogens (primary N) is 1. The minimum Gasteiger partial charge on any atom is -0.368 e. The third-order valence-corrected chi connectivity index (χ3v) is 3.35. The first-order chi connectivity index (χ1) is 10.8. The van der Waals surface area contributed by atoms with E-state index in [1.54, 1.807) is 12.4 Å². The van der Waals surface area contributed by atoms with E-state index in [0.717, 1.165) is 22.7 Å². The van der Waals surface area contributed by atoms with Gasteiger partial charge in [0.1, 0.15) is 17.0 Å². The number of hydrogen-bond acceptors (Lipinski definition) is 5. The molecule has 0 radical (unpaired) electrons. The molecule has 0 saturated carbocycles. The highest BCUT2D eigenvalue weighted by atomic mass is 15.1. The number of pyridine rings is 2. The molecular weight excluding hydrogens is 276 g/mol. The second kappa shape index (κ2) is 4.92. The van der Waals surface area contributed by atoms with E-state index in [2.05, 4.69) is 19.9 Å². The van der Waals surface area contributed by atoms with Gasteiger partial charge in [0.15, 0.2) is 0 Å². The summed E-state index contributed by atoms with van der Waals surface area (Å²) in [7, 11) is 0. The molecule has 22 heavy (non-hydrogen) atoms. The van der Waals surface area contributed by atoms with E-state index in [4.69, 9.17) is 5.73 Å². The molecule has 0 amide bonds. The molecule has 4 aromatic heterocycles. The second-order valence-electron chi connectivity index (χ2n) is 4.75. The number of fused-ring (bicyclic) bond motifs is 1. The van der Waals surface area contributed by atoms with Crippen LogP contribution in [0.4, 0.5) is 5.95 Å². The fourth-order valence-corrected chi connectivity index (χ4v) is 2.43. The van der Waals surface area contributed by atoms with Gasteiger partial charge >= 0.3 is 0 Å². The van der Waals surface area contributed by atoms with Crippen molar-refractivity contribution in [3.63, 3.8) is 0 Å². The molecule has 2 N–H and O–H groups in total. The average Bonchev–Trinajstić information content (AvgIpc) is 2.95. The number of imidazole rings is 1. The van der Waals surface area contributed by atoms with E-state index in [0.29, 0.717) is 5.69 Å². The lowest BCUT2D eigenvalue weighted by atomic mass is 10.2. The van der Waals surface area contributed by atoms with E-state index in [-0.39, 0.29) is 5.95 Å². The maximum atomic E-state index is 5.73. The molecular formula is C16H12N6. The SMILES string of the molecule is Nc1nccc(-c2c(-c3ccccn3)nc3ccccn23)n1. The predicted molar refractivity (Wildman–Crippen MR) is 83.9 cm³/mol. The molecule has 6 heteroatoms. The lowest BCUT2D eigenvalue weighted by molar-refractivity contribution is 1.14. The molecule has 0 bridgehead atoms. The largest absolute Gasteiger partial charge is 0.368 e. The van der Waals surface area contributed by atoms with Gasteiger partial charge in [-0.15, -0.1) is 0 Å². The van der Waals surface area contributed by atoms with Crippen LogP contribution in [0.1, 0.15) is 0 Å². The first-order valence-electron chi connectivity index (χ1n) is 6.80. The third-order valence-electron chi connectivity index (χ3n) is 3.35. The fraction of sp³-hybridized carbons (Fsp3) is 0. The summed E-state index contributed by atoms with van der Waals surface area (Å²) in [5.74, 6) is 0.232. The van der Waals surface area contributed by atoms with Gasteiger partial charge in [-0.25, -0.2) is 15.0 Å². The van der Waals surface area contributed by atoms with Crippen molar-refractivity contribution in [3.8, 4) is 22.8 Å². The minimum absolute atomic E-state index is 0.232. The molecule has 0 unspecified atom stereocenters. The van der Waals surface area contributed by atoms with Gasteiger partial charge in [0.25, 0.3) is 0 Å². The standard InChI is InChI=1S/C16H12N6/c17-16-19-9-7-12(20-16)15-14(11-5-1-3-8-18-11)21-13-6-2-4-10-22(13)15/h1-10H,(H2,17,19,20). The zero-order chi connectivity index (χ0) is 14.9. The summed E-state index contributed by atoms with van der Waals surface area (Å²) in [6, 6.07) is 13.4. The summed E-state index contributed by atoms with van der Waals surface area (Å²) in [6.07, 6.45) is 5.34. The zero-order valence-corrected chi connectivity index (χ0v) is 11.6. The molecule has 4 rings (SSSR count). The fourth-order valence-electron chi connectivity index (χ4n) is 2.43. The highest BCUT2D eigenvalue weighted by Crippen LogP contribution is 2.30. The van der Waals surface area contributed by atoms with Gasteiger partial charge in [-0.1, -0.05) is 12.1 Å². The van der Waals surface area contributed by atoms with Crippen molar-refractivity contribution in [3.05, 3.63) is 61.1 Å². The highest BCUT2D eigenvalue weighted by Gasteiger charge is 2.17. The van der Waals surface area contributed by atoms with E-state index < -0.39 is 0 Å². The Hall–Kier alpha value is -3.28. The van der Waals surface area contributed by atoms with E-state index >= 15 is 0 Å². The number of anilines is 1. The maximum Gasteiger partial charge on any atom is 0.220 e. The zero-order valence-electron chi connectivity index (χ0n) is 11.6. The predicted octanol–water partition coefficient (Wildman–Crippen LogP) is 2.44. The van der Waals surface area contributed by atoms with Gasteiger partial charge in [-0.2, -0.15) is 0 Å². The molecule has 4 heterocycles. The Morgan fingerprint density at radius 3 is 2.55 bits per heavy atom. The van der Waals surface area contributed by atoms with Crippen LogP contribution in [0.5, 0.6) is 0 Å². The van der Waals surface area contributed by atoms with Crippen molar-refractivity contribution in [1.82, 2.24) is 24.3 Å². The molecule has 4 aromatic rings. The minimum atomic E-state index is 0.232. The number of rotatable bonds is 2. The molecule has 0 fully saturated rings. The van der Waals surface area contributed by atoms with Crippen LogP contribution in [-0.2, 0) is 0 Å². The highest BCUT2D eigenvalue weighted by molar-refractivity contribution is 5.78. The lowest BCUT2D eigenvalue weighted by Gasteiger charge is -2.04. The first kappa shape index (κ1) is 12.5. The smallest absolute Gasteiger partial charge is 0.220 e. The Morgan fingerprint density at radius 1 is 0.818 bits per heavy atom. The number of nitrogens with zero attached hydrogens (tertiary/aromatic N) is 5. The van der Waals surface area contributed by atoms with Crippen molar-refractivity contribution < 1.29 is 0 Å². The topological polar surface area (TPSA) is 82.0 Å². The van der Waals surface area contributed by atoms with Gasteiger partial charge in [0, 0.05) is 18.6 Å². The van der Waals surface area contributed by atoms with Crippen molar-refractivity contribution >= 4 is 11.6 Å². The monoisotopic (exact) mass is 288 g/mol. The van der Waals surface area contributed by atoms with Crippen molar-refractivity contribution in [1.29, 1.82) is 0 Å². The van der Waals surface area contributed by atoms with E-state index in [1.807, 2.05) is 53.1 Å². The summed E-state index contributed by atoms with van der Waals surface area (Å²) in [4.78, 5) is 17.4. The summed E-state index contributed by atoms with van der Waals surface area (Å²) in [5.41, 5.74) is 9.68. The molecule has 0 atom stereocenters. The van der Waals surface area contributed by atoms with Crippen molar-refractivity contribution in [2.24, 2.45) is 0 Å². The maximum absolute atomic E-state index is 5.73. The summed E-state index contributed by atoms with van der Waals surface area (Å²) in [6.45, 7) is 0. The molecule has 0 spiro atoms. The number of hydrogen-bond donors (Lipinski definition) is 1. The van der Waals surface area contributed by atoms with Crippen LogP contribution >= 0.6 is 0 Å². The number of aromatic nitrogens is 5. The molecule has 106 valence electrons. The van der Waals surface area contributed by atoms with Gasteiger partial charge < -0.3 is 5.73 Å². The van der Waals surface area contributed by atoms with Crippen LogP contribution in [-0.4, -0.2) is 24.3 Å². The van der Waals surface area contributed by atoms with Gasteiger partial charge in [-0.05, 0) is 30.3 Å². The quantitative estimate of drug-likeness (QED) is 0.612. The third kappa shape index (κ3) is 1.98. The molecule has 0 saturated heterocycles. The molecule has 6 nitrogen and oxygen atoms in total. The van der Waals surface area contributed by atoms with Crippen LogP contribution in [0.15, 0.2) is 61.1 Å². The lowest BCUT2D eigenvalue weighted by Crippen LogP contribution is -1.98. The van der Waals surface area contributed by atoms with Crippen LogP contribution < -0.4 is 5.73 Å². The second-order valence-corrected chi connectivity index (χ2v) is 4.75. The Balaban J connectivity index is 2.07. The summed E-state index contributed by atoms with van der Waals surface area (Å²) in [5, 5.41) is 0. The Kier molecular flexibility index (Phi) is 2.79. The molecule has 0 aliphatic carbocycles. The normalized spacial score (nSPS) is 10.9. The Morgan fingerprint density at radius 2 is 1.73 bits per heavy atom. The van der Waals surface area contributed by atoms with Gasteiger partial charge in [0.05, 0.1) is 11.4 Å². The Bertz CT molecular complexity index is 945. The first-order valence-corrected chi connectivity index (χ1v) is 6.80. The molecule has 0 aromatic carbocycles. The van der Waals surface area contributed by atoms with Crippen molar-refractivity contribution in [2.45, 2.75) is 0 Å².